The summed E-state index contributed by atoms with van der Waals surface area (Å²) in [6, 6.07) is 6.50. The fraction of sp³-hybridized carbons (Fsp3) is 0.455. The molecular formula is C22H28N4O2. The molecule has 4 rings (SSSR count). The van der Waals surface area contributed by atoms with E-state index in [2.05, 4.69) is 59.9 Å². The van der Waals surface area contributed by atoms with Gasteiger partial charge in [-0.3, -0.25) is 9.56 Å². The van der Waals surface area contributed by atoms with E-state index >= 15 is 0 Å². The summed E-state index contributed by atoms with van der Waals surface area (Å²) in [6.07, 6.45) is 6.05. The van der Waals surface area contributed by atoms with E-state index in [0.717, 1.165) is 30.2 Å². The van der Waals surface area contributed by atoms with Crippen molar-refractivity contribution in [1.29, 1.82) is 0 Å². The quantitative estimate of drug-likeness (QED) is 0.870. The summed E-state index contributed by atoms with van der Waals surface area (Å²) >= 11 is 0. The molecule has 2 aliphatic heterocycles. The van der Waals surface area contributed by atoms with E-state index in [1.807, 2.05) is 10.8 Å². The molecular weight excluding hydrogens is 352 g/mol. The largest absolute Gasteiger partial charge is 0.378 e. The maximum atomic E-state index is 10.7. The molecule has 0 spiro atoms. The molecule has 1 unspecified atom stereocenters. The minimum Gasteiger partial charge on any atom is -0.378 e. The molecule has 6 heteroatoms. The third kappa shape index (κ3) is 3.38. The van der Waals surface area contributed by atoms with Gasteiger partial charge in [-0.1, -0.05) is 39.0 Å². The lowest BCUT2D eigenvalue weighted by Crippen LogP contribution is -2.40. The van der Waals surface area contributed by atoms with Crippen LogP contribution in [0.5, 0.6) is 0 Å². The summed E-state index contributed by atoms with van der Waals surface area (Å²) in [6.45, 7) is 8.34. The molecule has 0 radical (unpaired) electrons. The Morgan fingerprint density at radius 2 is 2.11 bits per heavy atom. The number of methoxy groups -OCH3 is 1. The second-order valence-electron chi connectivity index (χ2n) is 8.44. The molecule has 1 aromatic carbocycles. The maximum absolute atomic E-state index is 10.7. The Labute approximate surface area is 166 Å². The molecule has 0 saturated heterocycles. The fourth-order valence-electron chi connectivity index (χ4n) is 4.09. The molecule has 3 heterocycles. The molecule has 2 aromatic rings. The van der Waals surface area contributed by atoms with Gasteiger partial charge in [-0.25, -0.2) is 4.98 Å². The third-order valence-corrected chi connectivity index (χ3v) is 5.41. The first-order valence-corrected chi connectivity index (χ1v) is 9.74. The summed E-state index contributed by atoms with van der Waals surface area (Å²) < 4.78 is 7.07. The van der Waals surface area contributed by atoms with Crippen molar-refractivity contribution in [3.63, 3.8) is 0 Å². The summed E-state index contributed by atoms with van der Waals surface area (Å²) in [4.78, 5) is 11.1. The van der Waals surface area contributed by atoms with Crippen molar-refractivity contribution >= 4 is 11.5 Å². The van der Waals surface area contributed by atoms with E-state index in [-0.39, 0.29) is 5.41 Å². The number of hydrogen-bond donors (Lipinski definition) is 1. The Kier molecular flexibility index (Phi) is 4.85. The van der Waals surface area contributed by atoms with Crippen LogP contribution < -0.4 is 0 Å². The highest BCUT2D eigenvalue weighted by Gasteiger charge is 2.31. The van der Waals surface area contributed by atoms with Gasteiger partial charge in [0.15, 0.2) is 0 Å². The van der Waals surface area contributed by atoms with Crippen LogP contribution in [0.1, 0.15) is 43.2 Å². The van der Waals surface area contributed by atoms with Crippen LogP contribution in [0.25, 0.3) is 5.70 Å². The number of aliphatic imine (C=N–C) groups is 1. The lowest BCUT2D eigenvalue weighted by atomic mass is 9.79. The molecule has 1 aromatic heterocycles. The van der Waals surface area contributed by atoms with E-state index in [9.17, 15) is 5.11 Å². The van der Waals surface area contributed by atoms with E-state index in [0.29, 0.717) is 13.2 Å². The Morgan fingerprint density at radius 3 is 2.86 bits per heavy atom. The molecule has 2 aliphatic rings. The number of aliphatic hydroxyl groups is 1. The average molecular weight is 380 g/mol. The van der Waals surface area contributed by atoms with Crippen molar-refractivity contribution in [3.05, 3.63) is 59.2 Å². The average Bonchev–Trinajstić information content (AvgIpc) is 3.05. The number of allylic oxidation sites excluding steroid dienone is 1. The van der Waals surface area contributed by atoms with Gasteiger partial charge in [0, 0.05) is 31.5 Å². The first kappa shape index (κ1) is 18.9. The van der Waals surface area contributed by atoms with Crippen molar-refractivity contribution in [2.24, 2.45) is 4.99 Å². The predicted molar refractivity (Wildman–Crippen MR) is 110 cm³/mol. The van der Waals surface area contributed by atoms with Crippen molar-refractivity contribution in [1.82, 2.24) is 14.5 Å². The maximum Gasteiger partial charge on any atom is 0.146 e. The molecule has 148 valence electrons. The zero-order valence-electron chi connectivity index (χ0n) is 17.0. The molecule has 0 fully saturated rings. The first-order valence-electron chi connectivity index (χ1n) is 9.74. The van der Waals surface area contributed by atoms with Crippen LogP contribution in [-0.2, 0) is 23.2 Å². The fourth-order valence-corrected chi connectivity index (χ4v) is 4.09. The Bertz CT molecular complexity index is 936. The lowest BCUT2D eigenvalue weighted by Gasteiger charge is -2.37. The van der Waals surface area contributed by atoms with Crippen LogP contribution in [0.3, 0.4) is 0 Å². The number of fused-ring (bicyclic) bond motifs is 3. The smallest absolute Gasteiger partial charge is 0.146 e. The summed E-state index contributed by atoms with van der Waals surface area (Å²) in [7, 11) is 1.66. The minimum atomic E-state index is -0.628. The second-order valence-corrected chi connectivity index (χ2v) is 8.44. The van der Waals surface area contributed by atoms with Gasteiger partial charge >= 0.3 is 0 Å². The monoisotopic (exact) mass is 380 g/mol. The van der Waals surface area contributed by atoms with Gasteiger partial charge in [0.1, 0.15) is 18.4 Å². The normalized spacial score (nSPS) is 19.5. The molecule has 0 aliphatic carbocycles. The predicted octanol–water partition coefficient (Wildman–Crippen LogP) is 2.80. The van der Waals surface area contributed by atoms with Crippen molar-refractivity contribution in [3.8, 4) is 0 Å². The lowest BCUT2D eigenvalue weighted by molar-refractivity contribution is 0.0536. The highest BCUT2D eigenvalue weighted by molar-refractivity contribution is 6.01. The summed E-state index contributed by atoms with van der Waals surface area (Å²) in [5, 5.41) is 10.7. The molecule has 1 N–H and O–H groups in total. The SMILES string of the molecule is COCc1cn(C2=NCC(O)N3CCc4c(cccc4C(C)(C)C)C3=C2)cn1. The number of aliphatic hydroxyl groups excluding tert-OH is 1. The van der Waals surface area contributed by atoms with Gasteiger partial charge in [0.05, 0.1) is 24.5 Å². The summed E-state index contributed by atoms with van der Waals surface area (Å²) in [5.74, 6) is 0.778. The van der Waals surface area contributed by atoms with Gasteiger partial charge < -0.3 is 14.7 Å². The van der Waals surface area contributed by atoms with Gasteiger partial charge in [0.25, 0.3) is 0 Å². The van der Waals surface area contributed by atoms with Crippen LogP contribution >= 0.6 is 0 Å². The number of ether oxygens (including phenoxy) is 1. The zero-order valence-corrected chi connectivity index (χ0v) is 17.0. The Morgan fingerprint density at radius 1 is 1.29 bits per heavy atom. The van der Waals surface area contributed by atoms with Gasteiger partial charge in [-0.2, -0.15) is 0 Å². The van der Waals surface area contributed by atoms with E-state index in [4.69, 9.17) is 4.74 Å². The third-order valence-electron chi connectivity index (χ3n) is 5.41. The van der Waals surface area contributed by atoms with Crippen molar-refractivity contribution in [2.45, 2.75) is 45.4 Å². The zero-order chi connectivity index (χ0) is 19.9. The topological polar surface area (TPSA) is 62.9 Å². The van der Waals surface area contributed by atoms with Crippen LogP contribution in [-0.4, -0.2) is 51.8 Å². The van der Waals surface area contributed by atoms with Crippen molar-refractivity contribution < 1.29 is 9.84 Å². The second kappa shape index (κ2) is 7.18. The number of imidazole rings is 1. The molecule has 0 amide bonds. The molecule has 6 nitrogen and oxygen atoms in total. The highest BCUT2D eigenvalue weighted by Crippen LogP contribution is 2.37. The molecule has 28 heavy (non-hydrogen) atoms. The standard InChI is InChI=1S/C22H28N4O2/c1-22(2,3)18-7-5-6-17-16(18)8-9-26-19(17)10-20(23-11-21(26)27)25-12-15(13-28-4)24-14-25/h5-7,10,12,14,21,27H,8-9,11,13H2,1-4H3. The minimum absolute atomic E-state index is 0.0771. The van der Waals surface area contributed by atoms with E-state index in [1.54, 1.807) is 13.4 Å². The molecule has 0 saturated carbocycles. The van der Waals surface area contributed by atoms with Gasteiger partial charge in [-0.15, -0.1) is 0 Å². The van der Waals surface area contributed by atoms with Crippen LogP contribution in [0.15, 0.2) is 41.8 Å². The molecule has 0 bridgehead atoms. The highest BCUT2D eigenvalue weighted by atomic mass is 16.5. The van der Waals surface area contributed by atoms with Crippen LogP contribution in [0, 0.1) is 0 Å². The van der Waals surface area contributed by atoms with Crippen LogP contribution in [0.2, 0.25) is 0 Å². The Hall–Kier alpha value is -2.44. The number of nitrogens with zero attached hydrogens (tertiary/aromatic N) is 4. The number of rotatable bonds is 2. The first-order chi connectivity index (χ1) is 13.4. The molecule has 1 atom stereocenters. The van der Waals surface area contributed by atoms with Crippen molar-refractivity contribution in [2.75, 3.05) is 20.2 Å². The number of hydrogen-bond acceptors (Lipinski definition) is 5. The Balaban J connectivity index is 1.81. The van der Waals surface area contributed by atoms with Gasteiger partial charge in [0.2, 0.25) is 0 Å². The van der Waals surface area contributed by atoms with E-state index < -0.39 is 6.23 Å². The number of aromatic nitrogens is 2. The van der Waals surface area contributed by atoms with Gasteiger partial charge in [-0.05, 0) is 23.0 Å². The number of benzene rings is 1. The van der Waals surface area contributed by atoms with Crippen LogP contribution in [0.4, 0.5) is 0 Å². The summed E-state index contributed by atoms with van der Waals surface area (Å²) in [5.41, 5.74) is 5.88. The van der Waals surface area contributed by atoms with E-state index in [1.165, 1.54) is 16.7 Å².